The number of anilines is 1. The summed E-state index contributed by atoms with van der Waals surface area (Å²) in [6.07, 6.45) is 0.950. The van der Waals surface area contributed by atoms with Gasteiger partial charge in [-0.15, -0.1) is 0 Å². The normalized spacial score (nSPS) is 10.5. The largest absolute Gasteiger partial charge is 0.493 e. The van der Waals surface area contributed by atoms with Crippen LogP contribution in [0.4, 0.5) is 5.82 Å². The Kier molecular flexibility index (Phi) is 7.84. The summed E-state index contributed by atoms with van der Waals surface area (Å²) in [5.74, 6) is 2.08. The lowest BCUT2D eigenvalue weighted by molar-refractivity contribution is 0.0951. The molecule has 1 aromatic heterocycles. The highest BCUT2D eigenvalue weighted by atomic mass is 16.5. The molecule has 0 fully saturated rings. The minimum absolute atomic E-state index is 0.181. The monoisotopic (exact) mass is 421 g/mol. The zero-order valence-electron chi connectivity index (χ0n) is 17.8. The zero-order valence-corrected chi connectivity index (χ0v) is 17.8. The van der Waals surface area contributed by atoms with Crippen molar-refractivity contribution >= 4 is 11.7 Å². The molecule has 0 bridgehead atoms. The Morgan fingerprint density at radius 3 is 2.52 bits per heavy atom. The van der Waals surface area contributed by atoms with Crippen molar-refractivity contribution in [3.05, 3.63) is 77.5 Å². The first-order valence-corrected chi connectivity index (χ1v) is 10.1. The van der Waals surface area contributed by atoms with Gasteiger partial charge in [0.2, 0.25) is 0 Å². The number of carbonyl (C=O) groups excluding carboxylic acids is 1. The predicted octanol–water partition coefficient (Wildman–Crippen LogP) is 4.32. The first kappa shape index (κ1) is 22.1. The van der Waals surface area contributed by atoms with Gasteiger partial charge in [0.05, 0.1) is 24.5 Å². The molecular weight excluding hydrogens is 394 g/mol. The maximum absolute atomic E-state index is 12.4. The van der Waals surface area contributed by atoms with E-state index in [0.29, 0.717) is 42.5 Å². The van der Waals surface area contributed by atoms with Crippen LogP contribution in [0.25, 0.3) is 0 Å². The molecule has 0 saturated heterocycles. The Balaban J connectivity index is 1.55. The summed E-state index contributed by atoms with van der Waals surface area (Å²) in [5, 5.41) is 2.86. The van der Waals surface area contributed by atoms with Gasteiger partial charge in [-0.3, -0.25) is 4.79 Å². The Hall–Kier alpha value is -3.58. The van der Waals surface area contributed by atoms with Gasteiger partial charge in [0.25, 0.3) is 5.91 Å². The number of amides is 1. The van der Waals surface area contributed by atoms with E-state index in [1.165, 1.54) is 0 Å². The van der Waals surface area contributed by atoms with Crippen LogP contribution in [-0.4, -0.2) is 24.6 Å². The number of rotatable bonds is 10. The van der Waals surface area contributed by atoms with Gasteiger partial charge in [0, 0.05) is 19.7 Å². The standard InChI is InChI=1S/C24H27N3O4/c1-3-13-30-20-5-4-6-21(14-20)31-19-10-7-17(8-11-19)15-26-24(28)22-12-9-18(16-29-2)27-23(22)25/h4-12,14H,3,13,15-16H2,1-2H3,(H2,25,27)(H,26,28). The Labute approximate surface area is 182 Å². The number of benzene rings is 2. The van der Waals surface area contributed by atoms with Crippen LogP contribution < -0.4 is 20.5 Å². The summed E-state index contributed by atoms with van der Waals surface area (Å²) in [6, 6.07) is 18.4. The van der Waals surface area contributed by atoms with E-state index in [4.69, 9.17) is 19.9 Å². The molecule has 2 aromatic carbocycles. The van der Waals surface area contributed by atoms with Crippen molar-refractivity contribution in [2.24, 2.45) is 0 Å². The SMILES string of the molecule is CCCOc1cccc(Oc2ccc(CNC(=O)c3ccc(COC)nc3N)cc2)c1. The molecule has 1 amide bonds. The molecule has 0 radical (unpaired) electrons. The molecule has 0 spiro atoms. The molecule has 31 heavy (non-hydrogen) atoms. The van der Waals surface area contributed by atoms with Crippen LogP contribution in [0, 0.1) is 0 Å². The van der Waals surface area contributed by atoms with Gasteiger partial charge in [-0.1, -0.05) is 25.1 Å². The van der Waals surface area contributed by atoms with Gasteiger partial charge < -0.3 is 25.3 Å². The van der Waals surface area contributed by atoms with Gasteiger partial charge in [0.15, 0.2) is 0 Å². The second kappa shape index (κ2) is 11.0. The number of nitrogens with zero attached hydrogens (tertiary/aromatic N) is 1. The van der Waals surface area contributed by atoms with Crippen molar-refractivity contribution in [1.29, 1.82) is 0 Å². The van der Waals surface area contributed by atoms with Crippen molar-refractivity contribution < 1.29 is 19.0 Å². The first-order chi connectivity index (χ1) is 15.1. The number of methoxy groups -OCH3 is 1. The minimum Gasteiger partial charge on any atom is -0.493 e. The molecule has 3 rings (SSSR count). The lowest BCUT2D eigenvalue weighted by Gasteiger charge is -2.10. The zero-order chi connectivity index (χ0) is 22.1. The van der Waals surface area contributed by atoms with E-state index in [9.17, 15) is 4.79 Å². The summed E-state index contributed by atoms with van der Waals surface area (Å²) >= 11 is 0. The third-order valence-electron chi connectivity index (χ3n) is 4.41. The van der Waals surface area contributed by atoms with Crippen LogP contribution in [0.1, 0.15) is 35.0 Å². The average molecular weight is 421 g/mol. The van der Waals surface area contributed by atoms with Crippen LogP contribution in [0.2, 0.25) is 0 Å². The van der Waals surface area contributed by atoms with Crippen molar-refractivity contribution in [1.82, 2.24) is 10.3 Å². The summed E-state index contributed by atoms with van der Waals surface area (Å²) in [7, 11) is 1.58. The molecule has 162 valence electrons. The number of carbonyl (C=O) groups is 1. The molecule has 0 atom stereocenters. The van der Waals surface area contributed by atoms with Gasteiger partial charge in [-0.2, -0.15) is 0 Å². The summed E-state index contributed by atoms with van der Waals surface area (Å²) in [5.41, 5.74) is 7.85. The van der Waals surface area contributed by atoms with E-state index in [1.54, 1.807) is 19.2 Å². The number of ether oxygens (including phenoxy) is 3. The van der Waals surface area contributed by atoms with Gasteiger partial charge >= 0.3 is 0 Å². The van der Waals surface area contributed by atoms with Gasteiger partial charge in [0.1, 0.15) is 23.1 Å². The number of aromatic nitrogens is 1. The number of nitrogens with two attached hydrogens (primary N) is 1. The molecule has 7 heteroatoms. The lowest BCUT2D eigenvalue weighted by Crippen LogP contribution is -2.24. The third kappa shape index (κ3) is 6.45. The number of nitrogens with one attached hydrogen (secondary N) is 1. The topological polar surface area (TPSA) is 95.7 Å². The van der Waals surface area contributed by atoms with Crippen LogP contribution in [0.5, 0.6) is 17.2 Å². The van der Waals surface area contributed by atoms with E-state index in [2.05, 4.69) is 17.2 Å². The lowest BCUT2D eigenvalue weighted by atomic mass is 10.2. The van der Waals surface area contributed by atoms with Crippen LogP contribution >= 0.6 is 0 Å². The Morgan fingerprint density at radius 1 is 1.03 bits per heavy atom. The maximum atomic E-state index is 12.4. The average Bonchev–Trinajstić information content (AvgIpc) is 2.77. The molecule has 7 nitrogen and oxygen atoms in total. The fourth-order valence-electron chi connectivity index (χ4n) is 2.87. The van der Waals surface area contributed by atoms with E-state index in [0.717, 1.165) is 17.7 Å². The van der Waals surface area contributed by atoms with Crippen LogP contribution in [-0.2, 0) is 17.9 Å². The molecule has 0 aliphatic carbocycles. The second-order valence-corrected chi connectivity index (χ2v) is 6.92. The van der Waals surface area contributed by atoms with Crippen LogP contribution in [0.3, 0.4) is 0 Å². The molecule has 3 aromatic rings. The molecular formula is C24H27N3O4. The fourth-order valence-corrected chi connectivity index (χ4v) is 2.87. The summed E-state index contributed by atoms with van der Waals surface area (Å²) in [6.45, 7) is 3.44. The van der Waals surface area contributed by atoms with E-state index < -0.39 is 0 Å². The maximum Gasteiger partial charge on any atom is 0.255 e. The molecule has 0 unspecified atom stereocenters. The highest BCUT2D eigenvalue weighted by molar-refractivity contribution is 5.98. The van der Waals surface area contributed by atoms with Crippen molar-refractivity contribution in [2.45, 2.75) is 26.5 Å². The summed E-state index contributed by atoms with van der Waals surface area (Å²) < 4.78 is 16.5. The van der Waals surface area contributed by atoms with Crippen molar-refractivity contribution in [3.8, 4) is 17.2 Å². The van der Waals surface area contributed by atoms with Gasteiger partial charge in [-0.05, 0) is 48.4 Å². The predicted molar refractivity (Wildman–Crippen MR) is 119 cm³/mol. The highest BCUT2D eigenvalue weighted by Gasteiger charge is 2.11. The van der Waals surface area contributed by atoms with Gasteiger partial charge in [-0.25, -0.2) is 4.98 Å². The Bertz CT molecular complexity index is 1010. The highest BCUT2D eigenvalue weighted by Crippen LogP contribution is 2.25. The molecule has 0 aliphatic heterocycles. The molecule has 0 aliphatic rings. The van der Waals surface area contributed by atoms with E-state index in [1.807, 2.05) is 48.5 Å². The number of hydrogen-bond donors (Lipinski definition) is 2. The van der Waals surface area contributed by atoms with Crippen molar-refractivity contribution in [2.75, 3.05) is 19.5 Å². The molecule has 0 saturated carbocycles. The number of hydrogen-bond acceptors (Lipinski definition) is 6. The second-order valence-electron chi connectivity index (χ2n) is 6.92. The van der Waals surface area contributed by atoms with Crippen LogP contribution in [0.15, 0.2) is 60.7 Å². The third-order valence-corrected chi connectivity index (χ3v) is 4.41. The Morgan fingerprint density at radius 2 is 1.81 bits per heavy atom. The molecule has 1 heterocycles. The molecule has 3 N–H and O–H groups in total. The minimum atomic E-state index is -0.279. The number of nitrogen functional groups attached to an aromatic ring is 1. The van der Waals surface area contributed by atoms with E-state index >= 15 is 0 Å². The van der Waals surface area contributed by atoms with E-state index in [-0.39, 0.29) is 11.7 Å². The fraction of sp³-hybridized carbons (Fsp3) is 0.250. The number of pyridine rings is 1. The van der Waals surface area contributed by atoms with Crippen molar-refractivity contribution in [3.63, 3.8) is 0 Å². The smallest absolute Gasteiger partial charge is 0.255 e. The summed E-state index contributed by atoms with van der Waals surface area (Å²) in [4.78, 5) is 16.6. The first-order valence-electron chi connectivity index (χ1n) is 10.1. The quantitative estimate of drug-likeness (QED) is 0.506.